The summed E-state index contributed by atoms with van der Waals surface area (Å²) in [6.45, 7) is 2.54. The van der Waals surface area contributed by atoms with E-state index in [1.807, 2.05) is 37.3 Å². The van der Waals surface area contributed by atoms with Crippen molar-refractivity contribution in [3.05, 3.63) is 54.1 Å². The molecule has 0 unspecified atom stereocenters. The fourth-order valence-electron chi connectivity index (χ4n) is 2.11. The molecule has 0 aliphatic rings. The van der Waals surface area contributed by atoms with Crippen molar-refractivity contribution < 1.29 is 14.3 Å². The van der Waals surface area contributed by atoms with Crippen LogP contribution >= 0.6 is 12.2 Å². The average Bonchev–Trinajstić information content (AvgIpc) is 2.67. The van der Waals surface area contributed by atoms with Gasteiger partial charge in [0.2, 0.25) is 0 Å². The van der Waals surface area contributed by atoms with E-state index in [9.17, 15) is 4.79 Å². The summed E-state index contributed by atoms with van der Waals surface area (Å²) >= 11 is 5.03. The van der Waals surface area contributed by atoms with Gasteiger partial charge in [-0.15, -0.1) is 0 Å². The number of thiocarbonyl (C=S) groups is 1. The maximum Gasteiger partial charge on any atom is 0.262 e. The molecule has 0 aliphatic carbocycles. The summed E-state index contributed by atoms with van der Waals surface area (Å²) in [4.78, 5) is 12.0. The molecule has 2 rings (SSSR count). The molecule has 0 bridgehead atoms. The first-order chi connectivity index (χ1) is 13.1. The van der Waals surface area contributed by atoms with Crippen molar-refractivity contribution in [3.8, 4) is 11.5 Å². The van der Waals surface area contributed by atoms with Crippen molar-refractivity contribution in [2.75, 3.05) is 25.6 Å². The number of rotatable bonds is 8. The predicted molar refractivity (Wildman–Crippen MR) is 111 cm³/mol. The number of anilines is 1. The number of carbonyl (C=O) groups excluding carboxylic acids is 1. The van der Waals surface area contributed by atoms with E-state index in [0.717, 1.165) is 12.1 Å². The second kappa shape index (κ2) is 10.8. The molecule has 27 heavy (non-hydrogen) atoms. The Bertz CT molecular complexity index is 797. The number of amides is 1. The van der Waals surface area contributed by atoms with Crippen LogP contribution in [0.5, 0.6) is 11.5 Å². The predicted octanol–water partition coefficient (Wildman–Crippen LogP) is 2.53. The van der Waals surface area contributed by atoms with E-state index in [2.05, 4.69) is 21.2 Å². The highest BCUT2D eigenvalue weighted by Gasteiger charge is 2.08. The Balaban J connectivity index is 1.92. The molecule has 142 valence electrons. The van der Waals surface area contributed by atoms with Gasteiger partial charge in [-0.2, -0.15) is 5.10 Å². The summed E-state index contributed by atoms with van der Waals surface area (Å²) < 4.78 is 10.9. The van der Waals surface area contributed by atoms with E-state index < -0.39 is 0 Å². The van der Waals surface area contributed by atoms with Crippen molar-refractivity contribution in [3.63, 3.8) is 0 Å². The summed E-state index contributed by atoms with van der Waals surface area (Å²) in [6, 6.07) is 14.5. The van der Waals surface area contributed by atoms with Gasteiger partial charge in [0, 0.05) is 12.2 Å². The molecule has 2 aromatic rings. The Kier molecular flexibility index (Phi) is 8.05. The quantitative estimate of drug-likeness (QED) is 0.367. The fourth-order valence-corrected chi connectivity index (χ4v) is 2.31. The molecule has 0 radical (unpaired) electrons. The van der Waals surface area contributed by atoms with E-state index in [-0.39, 0.29) is 12.5 Å². The molecule has 8 heteroatoms. The Morgan fingerprint density at radius 1 is 1.19 bits per heavy atom. The van der Waals surface area contributed by atoms with Gasteiger partial charge in [0.15, 0.2) is 23.2 Å². The maximum absolute atomic E-state index is 12.0. The monoisotopic (exact) mass is 386 g/mol. The highest BCUT2D eigenvalue weighted by molar-refractivity contribution is 7.80. The Morgan fingerprint density at radius 2 is 1.96 bits per heavy atom. The highest BCUT2D eigenvalue weighted by atomic mass is 32.1. The first-order valence-electron chi connectivity index (χ1n) is 8.35. The Hall–Kier alpha value is -3.13. The van der Waals surface area contributed by atoms with Crippen LogP contribution in [-0.4, -0.2) is 37.5 Å². The van der Waals surface area contributed by atoms with Gasteiger partial charge in [0.05, 0.1) is 13.3 Å². The van der Waals surface area contributed by atoms with Gasteiger partial charge in [-0.3, -0.25) is 10.2 Å². The number of nitrogens with zero attached hydrogens (tertiary/aromatic N) is 1. The second-order valence-electron chi connectivity index (χ2n) is 5.34. The van der Waals surface area contributed by atoms with Gasteiger partial charge < -0.3 is 20.1 Å². The molecule has 2 aromatic carbocycles. The zero-order valence-corrected chi connectivity index (χ0v) is 16.0. The number of hydrazone groups is 1. The zero-order valence-electron chi connectivity index (χ0n) is 15.2. The van der Waals surface area contributed by atoms with Gasteiger partial charge in [-0.1, -0.05) is 18.2 Å². The molecule has 3 N–H and O–H groups in total. The number of nitrogens with one attached hydrogen (secondary N) is 3. The molecule has 7 nitrogen and oxygen atoms in total. The Morgan fingerprint density at radius 3 is 2.67 bits per heavy atom. The van der Waals surface area contributed by atoms with Crippen LogP contribution in [-0.2, 0) is 4.79 Å². The molecule has 0 saturated heterocycles. The van der Waals surface area contributed by atoms with Gasteiger partial charge in [0.1, 0.15) is 0 Å². The average molecular weight is 386 g/mol. The van der Waals surface area contributed by atoms with Crippen molar-refractivity contribution in [1.29, 1.82) is 0 Å². The molecule has 0 atom stereocenters. The first-order valence-corrected chi connectivity index (χ1v) is 8.76. The molecular formula is C19H22N4O3S. The number of methoxy groups -OCH3 is 1. The largest absolute Gasteiger partial charge is 0.493 e. The lowest BCUT2D eigenvalue weighted by Gasteiger charge is -2.11. The van der Waals surface area contributed by atoms with Crippen molar-refractivity contribution in [2.24, 2.45) is 5.10 Å². The minimum absolute atomic E-state index is 0.128. The lowest BCUT2D eigenvalue weighted by atomic mass is 10.2. The van der Waals surface area contributed by atoms with E-state index in [1.165, 1.54) is 7.11 Å². The number of benzene rings is 2. The number of ether oxygens (including phenoxy) is 2. The van der Waals surface area contributed by atoms with Gasteiger partial charge in [-0.25, -0.2) is 0 Å². The van der Waals surface area contributed by atoms with E-state index in [4.69, 9.17) is 21.7 Å². The van der Waals surface area contributed by atoms with Crippen LogP contribution < -0.4 is 25.5 Å². The van der Waals surface area contributed by atoms with Gasteiger partial charge >= 0.3 is 0 Å². The third-order valence-electron chi connectivity index (χ3n) is 3.32. The lowest BCUT2D eigenvalue weighted by molar-refractivity contribution is -0.118. The van der Waals surface area contributed by atoms with Crippen molar-refractivity contribution in [1.82, 2.24) is 10.7 Å². The molecule has 0 aromatic heterocycles. The normalized spacial score (nSPS) is 10.3. The van der Waals surface area contributed by atoms with E-state index >= 15 is 0 Å². The van der Waals surface area contributed by atoms with Crippen molar-refractivity contribution in [2.45, 2.75) is 6.92 Å². The molecule has 0 saturated carbocycles. The lowest BCUT2D eigenvalue weighted by Crippen LogP contribution is -2.31. The van der Waals surface area contributed by atoms with Gasteiger partial charge in [-0.05, 0) is 55.0 Å². The molecular weight excluding hydrogens is 364 g/mol. The number of carbonyl (C=O) groups is 1. The fraction of sp³-hybridized carbons (Fsp3) is 0.211. The molecule has 0 heterocycles. The standard InChI is InChI=1S/C19H22N4O3S/c1-3-20-19(27)23-21-12-14-9-10-16(17(11-14)25-2)26-13-18(24)22-15-7-5-4-6-8-15/h4-12H,3,13H2,1-2H3,(H,22,24)(H2,20,23,27). The molecule has 0 fully saturated rings. The second-order valence-corrected chi connectivity index (χ2v) is 5.75. The van der Waals surface area contributed by atoms with Crippen LogP contribution in [0.1, 0.15) is 12.5 Å². The SMILES string of the molecule is CCNC(=S)NN=Cc1ccc(OCC(=O)Nc2ccccc2)c(OC)c1. The van der Waals surface area contributed by atoms with Crippen LogP contribution in [0.3, 0.4) is 0 Å². The number of hydrogen-bond donors (Lipinski definition) is 3. The summed E-state index contributed by atoms with van der Waals surface area (Å²) in [7, 11) is 1.53. The minimum atomic E-state index is -0.255. The van der Waals surface area contributed by atoms with E-state index in [0.29, 0.717) is 22.3 Å². The maximum atomic E-state index is 12.0. The molecule has 0 spiro atoms. The zero-order chi connectivity index (χ0) is 19.5. The third kappa shape index (κ3) is 6.95. The topological polar surface area (TPSA) is 84.0 Å². The summed E-state index contributed by atoms with van der Waals surface area (Å²) in [5, 5.41) is 10.2. The van der Waals surface area contributed by atoms with Crippen LogP contribution in [0.2, 0.25) is 0 Å². The summed E-state index contributed by atoms with van der Waals surface area (Å²) in [5.74, 6) is 0.713. The number of hydrogen-bond acceptors (Lipinski definition) is 5. The minimum Gasteiger partial charge on any atom is -0.493 e. The third-order valence-corrected chi connectivity index (χ3v) is 3.56. The summed E-state index contributed by atoms with van der Waals surface area (Å²) in [5.41, 5.74) is 4.22. The van der Waals surface area contributed by atoms with Gasteiger partial charge in [0.25, 0.3) is 5.91 Å². The van der Waals surface area contributed by atoms with Crippen LogP contribution in [0.15, 0.2) is 53.6 Å². The molecule has 1 amide bonds. The van der Waals surface area contributed by atoms with Crippen LogP contribution in [0, 0.1) is 0 Å². The Labute approximate surface area is 163 Å². The highest BCUT2D eigenvalue weighted by Crippen LogP contribution is 2.27. The molecule has 0 aliphatic heterocycles. The van der Waals surface area contributed by atoms with Crippen molar-refractivity contribution >= 4 is 35.1 Å². The van der Waals surface area contributed by atoms with Crippen LogP contribution in [0.25, 0.3) is 0 Å². The summed E-state index contributed by atoms with van der Waals surface area (Å²) in [6.07, 6.45) is 1.61. The van der Waals surface area contributed by atoms with Crippen LogP contribution in [0.4, 0.5) is 5.69 Å². The first kappa shape index (κ1) is 20.2. The van der Waals surface area contributed by atoms with E-state index in [1.54, 1.807) is 24.4 Å². The smallest absolute Gasteiger partial charge is 0.262 e. The number of para-hydroxylation sites is 1.